The Kier molecular flexibility index (Phi) is 7.17. The number of fused-ring (bicyclic) bond motifs is 3. The van der Waals surface area contributed by atoms with Crippen molar-refractivity contribution in [1.82, 2.24) is 10.6 Å². The summed E-state index contributed by atoms with van der Waals surface area (Å²) >= 11 is 0. The Hall–Kier alpha value is -3.39. The Labute approximate surface area is 198 Å². The van der Waals surface area contributed by atoms with E-state index in [2.05, 4.69) is 22.8 Å². The number of nitrogens with one attached hydrogen (secondary N) is 2. The predicted octanol–water partition coefficient (Wildman–Crippen LogP) is 3.30. The lowest BCUT2D eigenvalue weighted by atomic mass is 9.98. The number of hydrogen-bond donors (Lipinski definition) is 3. The molecule has 2 amide bonds. The number of amides is 2. The van der Waals surface area contributed by atoms with Crippen molar-refractivity contribution in [3.05, 3.63) is 59.7 Å². The lowest BCUT2D eigenvalue weighted by Gasteiger charge is -2.24. The third kappa shape index (κ3) is 5.07. The van der Waals surface area contributed by atoms with Crippen LogP contribution in [0, 0.1) is 5.92 Å². The van der Waals surface area contributed by atoms with E-state index in [9.17, 15) is 19.5 Å². The van der Waals surface area contributed by atoms with Gasteiger partial charge in [-0.1, -0.05) is 62.4 Å². The minimum Gasteiger partial charge on any atom is -0.479 e. The first-order valence-electron chi connectivity index (χ1n) is 11.6. The van der Waals surface area contributed by atoms with Gasteiger partial charge in [0.05, 0.1) is 6.04 Å². The molecule has 3 atom stereocenters. The van der Waals surface area contributed by atoms with E-state index in [1.165, 1.54) is 0 Å². The first-order valence-corrected chi connectivity index (χ1v) is 11.6. The molecule has 2 aliphatic rings. The molecule has 1 aliphatic carbocycles. The molecular formula is C26H30N2O6. The van der Waals surface area contributed by atoms with Gasteiger partial charge in [0.25, 0.3) is 0 Å². The van der Waals surface area contributed by atoms with Crippen LogP contribution in [0.15, 0.2) is 48.5 Å². The number of carbonyl (C=O) groups is 3. The number of aliphatic carboxylic acids is 1. The van der Waals surface area contributed by atoms with Crippen LogP contribution >= 0.6 is 0 Å². The molecule has 180 valence electrons. The van der Waals surface area contributed by atoms with E-state index in [4.69, 9.17) is 9.47 Å². The summed E-state index contributed by atoms with van der Waals surface area (Å²) in [6, 6.07) is 14.7. The average Bonchev–Trinajstić information content (AvgIpc) is 3.39. The fourth-order valence-electron chi connectivity index (χ4n) is 4.75. The van der Waals surface area contributed by atoms with Crippen LogP contribution in [0.5, 0.6) is 0 Å². The average molecular weight is 467 g/mol. The van der Waals surface area contributed by atoms with Gasteiger partial charge in [-0.3, -0.25) is 4.79 Å². The zero-order chi connectivity index (χ0) is 24.2. The van der Waals surface area contributed by atoms with Gasteiger partial charge in [0.15, 0.2) is 6.10 Å². The van der Waals surface area contributed by atoms with Crippen LogP contribution in [0.3, 0.4) is 0 Å². The van der Waals surface area contributed by atoms with E-state index in [0.717, 1.165) is 22.3 Å². The first-order chi connectivity index (χ1) is 16.3. The fourth-order valence-corrected chi connectivity index (χ4v) is 4.75. The lowest BCUT2D eigenvalue weighted by molar-refractivity contribution is -0.148. The van der Waals surface area contributed by atoms with Crippen molar-refractivity contribution in [2.75, 3.05) is 13.2 Å². The SMILES string of the molecule is CC(C)C[C@@H](NC(=O)OCC1c2ccccc2-c2ccccc21)C(=O)N[C@H]1CCO[C@H]1C(=O)O. The molecular weight excluding hydrogens is 436 g/mol. The maximum Gasteiger partial charge on any atom is 0.407 e. The van der Waals surface area contributed by atoms with Gasteiger partial charge >= 0.3 is 12.1 Å². The second kappa shape index (κ2) is 10.3. The van der Waals surface area contributed by atoms with Gasteiger partial charge in [0.1, 0.15) is 12.6 Å². The van der Waals surface area contributed by atoms with Crippen LogP contribution in [0.25, 0.3) is 11.1 Å². The van der Waals surface area contributed by atoms with Crippen LogP contribution < -0.4 is 10.6 Å². The van der Waals surface area contributed by atoms with Crippen LogP contribution in [0.4, 0.5) is 4.79 Å². The standard InChI is InChI=1S/C26H30N2O6/c1-15(2)13-22(24(29)27-21-11-12-33-23(21)25(30)31)28-26(32)34-14-20-18-9-5-3-7-16(18)17-8-4-6-10-19(17)20/h3-10,15,20-23H,11-14H2,1-2H3,(H,27,29)(H,28,32)(H,30,31)/t21-,22+,23+/m0/s1. The molecule has 0 unspecified atom stereocenters. The molecule has 0 radical (unpaired) electrons. The number of carbonyl (C=O) groups excluding carboxylic acids is 2. The van der Waals surface area contributed by atoms with Gasteiger partial charge in [0.2, 0.25) is 5.91 Å². The summed E-state index contributed by atoms with van der Waals surface area (Å²) < 4.78 is 10.8. The molecule has 2 aromatic carbocycles. The van der Waals surface area contributed by atoms with Crippen molar-refractivity contribution < 1.29 is 29.0 Å². The molecule has 8 heteroatoms. The Balaban J connectivity index is 1.40. The molecule has 1 aliphatic heterocycles. The summed E-state index contributed by atoms with van der Waals surface area (Å²) in [5.41, 5.74) is 4.48. The largest absolute Gasteiger partial charge is 0.479 e. The second-order valence-electron chi connectivity index (χ2n) is 9.19. The smallest absolute Gasteiger partial charge is 0.407 e. The summed E-state index contributed by atoms with van der Waals surface area (Å²) in [4.78, 5) is 36.9. The van der Waals surface area contributed by atoms with Crippen molar-refractivity contribution in [3.8, 4) is 11.1 Å². The van der Waals surface area contributed by atoms with Crippen LogP contribution in [-0.4, -0.2) is 54.5 Å². The van der Waals surface area contributed by atoms with E-state index in [1.807, 2.05) is 50.2 Å². The highest BCUT2D eigenvalue weighted by Crippen LogP contribution is 2.44. The topological polar surface area (TPSA) is 114 Å². The van der Waals surface area contributed by atoms with Crippen molar-refractivity contribution in [2.45, 2.75) is 50.8 Å². The molecule has 1 fully saturated rings. The summed E-state index contributed by atoms with van der Waals surface area (Å²) in [6.07, 6.45) is -0.971. The third-order valence-electron chi connectivity index (χ3n) is 6.32. The molecule has 0 aromatic heterocycles. The van der Waals surface area contributed by atoms with Crippen molar-refractivity contribution >= 4 is 18.0 Å². The maximum atomic E-state index is 12.9. The zero-order valence-electron chi connectivity index (χ0n) is 19.3. The maximum absolute atomic E-state index is 12.9. The number of rotatable bonds is 8. The molecule has 1 heterocycles. The number of hydrogen-bond acceptors (Lipinski definition) is 5. The molecule has 0 saturated carbocycles. The Morgan fingerprint density at radius 1 is 1.06 bits per heavy atom. The number of ether oxygens (including phenoxy) is 2. The number of alkyl carbamates (subject to hydrolysis) is 1. The summed E-state index contributed by atoms with van der Waals surface area (Å²) in [5, 5.41) is 14.7. The molecule has 1 saturated heterocycles. The van der Waals surface area contributed by atoms with Crippen molar-refractivity contribution in [1.29, 1.82) is 0 Å². The number of carboxylic acid groups (broad SMARTS) is 1. The Morgan fingerprint density at radius 3 is 2.26 bits per heavy atom. The highest BCUT2D eigenvalue weighted by molar-refractivity contribution is 5.87. The van der Waals surface area contributed by atoms with Gasteiger partial charge < -0.3 is 25.2 Å². The van der Waals surface area contributed by atoms with Gasteiger partial charge in [-0.2, -0.15) is 0 Å². The number of carboxylic acids is 1. The predicted molar refractivity (Wildman–Crippen MR) is 125 cm³/mol. The van der Waals surface area contributed by atoms with Crippen LogP contribution in [0.1, 0.15) is 43.7 Å². The van der Waals surface area contributed by atoms with Gasteiger partial charge in [-0.25, -0.2) is 9.59 Å². The monoisotopic (exact) mass is 466 g/mol. The molecule has 8 nitrogen and oxygen atoms in total. The van der Waals surface area contributed by atoms with Gasteiger partial charge in [-0.15, -0.1) is 0 Å². The van der Waals surface area contributed by atoms with E-state index in [1.54, 1.807) is 0 Å². The Bertz CT molecular complexity index is 1020. The molecule has 3 N–H and O–H groups in total. The van der Waals surface area contributed by atoms with Gasteiger partial charge in [-0.05, 0) is 41.0 Å². The summed E-state index contributed by atoms with van der Waals surface area (Å²) in [6.45, 7) is 4.29. The summed E-state index contributed by atoms with van der Waals surface area (Å²) in [5.74, 6) is -1.51. The Morgan fingerprint density at radius 2 is 1.68 bits per heavy atom. The minimum atomic E-state index is -1.12. The molecule has 34 heavy (non-hydrogen) atoms. The van der Waals surface area contributed by atoms with Crippen LogP contribution in [0.2, 0.25) is 0 Å². The molecule has 0 spiro atoms. The highest BCUT2D eigenvalue weighted by Gasteiger charge is 2.37. The molecule has 2 aromatic rings. The highest BCUT2D eigenvalue weighted by atomic mass is 16.5. The van der Waals surface area contributed by atoms with E-state index in [0.29, 0.717) is 12.8 Å². The zero-order valence-corrected chi connectivity index (χ0v) is 19.3. The number of benzene rings is 2. The van der Waals surface area contributed by atoms with Crippen molar-refractivity contribution in [3.63, 3.8) is 0 Å². The lowest BCUT2D eigenvalue weighted by Crippen LogP contribution is -2.53. The van der Waals surface area contributed by atoms with E-state index in [-0.39, 0.29) is 25.0 Å². The normalized spacial score (nSPS) is 19.9. The van der Waals surface area contributed by atoms with Crippen molar-refractivity contribution in [2.24, 2.45) is 5.92 Å². The minimum absolute atomic E-state index is 0.0810. The third-order valence-corrected chi connectivity index (χ3v) is 6.32. The fraction of sp³-hybridized carbons (Fsp3) is 0.423. The first kappa shape index (κ1) is 23.8. The quantitative estimate of drug-likeness (QED) is 0.550. The summed E-state index contributed by atoms with van der Waals surface area (Å²) in [7, 11) is 0. The van der Waals surface area contributed by atoms with Crippen LogP contribution in [-0.2, 0) is 19.1 Å². The molecule has 0 bridgehead atoms. The molecule has 4 rings (SSSR count). The second-order valence-corrected chi connectivity index (χ2v) is 9.19. The van der Waals surface area contributed by atoms with Gasteiger partial charge in [0, 0.05) is 12.5 Å². The van der Waals surface area contributed by atoms with E-state index >= 15 is 0 Å². The van der Waals surface area contributed by atoms with E-state index < -0.39 is 36.2 Å².